The van der Waals surface area contributed by atoms with Gasteiger partial charge in [-0.25, -0.2) is 0 Å². The molecule has 0 heterocycles. The predicted molar refractivity (Wildman–Crippen MR) is 60.1 cm³/mol. The Labute approximate surface area is 88.3 Å². The standard InChI is InChI=1S/C12H25NO/c1-5-11(14)13(4)10-8-6-7-9-12(10,2)3/h10-11,14H,5-9H2,1-4H3. The van der Waals surface area contributed by atoms with Crippen LogP contribution < -0.4 is 0 Å². The molecule has 0 bridgehead atoms. The van der Waals surface area contributed by atoms with Crippen LogP contribution >= 0.6 is 0 Å². The second-order valence-electron chi connectivity index (χ2n) is 5.30. The van der Waals surface area contributed by atoms with E-state index < -0.39 is 0 Å². The molecule has 14 heavy (non-hydrogen) atoms. The van der Waals surface area contributed by atoms with Gasteiger partial charge in [0, 0.05) is 6.04 Å². The van der Waals surface area contributed by atoms with Gasteiger partial charge in [-0.05, 0) is 31.7 Å². The van der Waals surface area contributed by atoms with Crippen molar-refractivity contribution in [3.8, 4) is 0 Å². The van der Waals surface area contributed by atoms with E-state index in [2.05, 4.69) is 25.8 Å². The molecular weight excluding hydrogens is 174 g/mol. The summed E-state index contributed by atoms with van der Waals surface area (Å²) in [6, 6.07) is 0.547. The number of aliphatic hydroxyl groups is 1. The number of aliphatic hydroxyl groups excluding tert-OH is 1. The van der Waals surface area contributed by atoms with Crippen LogP contribution in [0.1, 0.15) is 52.9 Å². The van der Waals surface area contributed by atoms with Crippen LogP contribution in [0.4, 0.5) is 0 Å². The van der Waals surface area contributed by atoms with Crippen molar-refractivity contribution in [3.63, 3.8) is 0 Å². The number of rotatable bonds is 3. The lowest BCUT2D eigenvalue weighted by Gasteiger charge is -2.45. The molecule has 2 heteroatoms. The van der Waals surface area contributed by atoms with E-state index in [1.54, 1.807) is 0 Å². The lowest BCUT2D eigenvalue weighted by atomic mass is 9.72. The number of hydrogen-bond acceptors (Lipinski definition) is 2. The molecule has 0 spiro atoms. The second-order valence-corrected chi connectivity index (χ2v) is 5.30. The molecule has 1 aliphatic rings. The van der Waals surface area contributed by atoms with E-state index in [1.807, 2.05) is 6.92 Å². The van der Waals surface area contributed by atoms with Crippen LogP contribution in [0.25, 0.3) is 0 Å². The Morgan fingerprint density at radius 2 is 2.07 bits per heavy atom. The first-order chi connectivity index (χ1) is 6.49. The fraction of sp³-hybridized carbons (Fsp3) is 1.00. The van der Waals surface area contributed by atoms with Crippen molar-refractivity contribution >= 4 is 0 Å². The maximum Gasteiger partial charge on any atom is 0.107 e. The monoisotopic (exact) mass is 199 g/mol. The maximum atomic E-state index is 9.84. The van der Waals surface area contributed by atoms with Crippen LogP contribution in [0.2, 0.25) is 0 Å². The fourth-order valence-corrected chi connectivity index (χ4v) is 2.73. The van der Waals surface area contributed by atoms with E-state index in [4.69, 9.17) is 0 Å². The summed E-state index contributed by atoms with van der Waals surface area (Å²) in [4.78, 5) is 2.17. The first-order valence-electron chi connectivity index (χ1n) is 5.89. The zero-order valence-electron chi connectivity index (χ0n) is 10.1. The summed E-state index contributed by atoms with van der Waals surface area (Å²) in [5.41, 5.74) is 0.364. The minimum absolute atomic E-state index is 0.266. The van der Waals surface area contributed by atoms with Crippen molar-refractivity contribution in [2.45, 2.75) is 65.1 Å². The third-order valence-corrected chi connectivity index (χ3v) is 3.78. The zero-order valence-corrected chi connectivity index (χ0v) is 10.1. The summed E-state index contributed by atoms with van der Waals surface area (Å²) in [6.45, 7) is 6.70. The normalized spacial score (nSPS) is 29.1. The molecule has 0 aromatic rings. The maximum absolute atomic E-state index is 9.84. The third kappa shape index (κ3) is 2.48. The first kappa shape index (κ1) is 12.0. The van der Waals surface area contributed by atoms with Gasteiger partial charge in [0.25, 0.3) is 0 Å². The lowest BCUT2D eigenvalue weighted by Crippen LogP contribution is -2.49. The van der Waals surface area contributed by atoms with Gasteiger partial charge >= 0.3 is 0 Å². The summed E-state index contributed by atoms with van der Waals surface area (Å²) >= 11 is 0. The van der Waals surface area contributed by atoms with Crippen LogP contribution in [0.5, 0.6) is 0 Å². The van der Waals surface area contributed by atoms with E-state index in [1.165, 1.54) is 25.7 Å². The Morgan fingerprint density at radius 1 is 1.43 bits per heavy atom. The fourth-order valence-electron chi connectivity index (χ4n) is 2.73. The molecule has 0 aliphatic heterocycles. The molecule has 0 aromatic heterocycles. The van der Waals surface area contributed by atoms with Gasteiger partial charge < -0.3 is 5.11 Å². The summed E-state index contributed by atoms with van der Waals surface area (Å²) in [5.74, 6) is 0. The lowest BCUT2D eigenvalue weighted by molar-refractivity contribution is -0.0559. The molecular formula is C12H25NO. The Bertz CT molecular complexity index is 179. The van der Waals surface area contributed by atoms with Crippen molar-refractivity contribution < 1.29 is 5.11 Å². The van der Waals surface area contributed by atoms with E-state index in [0.717, 1.165) is 6.42 Å². The van der Waals surface area contributed by atoms with Gasteiger partial charge in [-0.15, -0.1) is 0 Å². The van der Waals surface area contributed by atoms with Crippen molar-refractivity contribution in [1.29, 1.82) is 0 Å². The minimum atomic E-state index is -0.266. The van der Waals surface area contributed by atoms with Crippen LogP contribution in [0, 0.1) is 5.41 Å². The average Bonchev–Trinajstić information content (AvgIpc) is 2.15. The van der Waals surface area contributed by atoms with Gasteiger partial charge in [0.05, 0.1) is 0 Å². The summed E-state index contributed by atoms with van der Waals surface area (Å²) in [6.07, 6.45) is 5.74. The predicted octanol–water partition coefficient (Wildman–Crippen LogP) is 2.62. The van der Waals surface area contributed by atoms with E-state index in [9.17, 15) is 5.11 Å². The van der Waals surface area contributed by atoms with Gasteiger partial charge in [-0.3, -0.25) is 4.90 Å². The van der Waals surface area contributed by atoms with E-state index in [-0.39, 0.29) is 6.23 Å². The molecule has 2 unspecified atom stereocenters. The highest BCUT2D eigenvalue weighted by molar-refractivity contribution is 4.89. The summed E-state index contributed by atoms with van der Waals surface area (Å²) in [7, 11) is 2.06. The average molecular weight is 199 g/mol. The highest BCUT2D eigenvalue weighted by Gasteiger charge is 2.36. The molecule has 1 aliphatic carbocycles. The van der Waals surface area contributed by atoms with E-state index >= 15 is 0 Å². The SMILES string of the molecule is CCC(O)N(C)C1CCCCC1(C)C. The topological polar surface area (TPSA) is 23.5 Å². The van der Waals surface area contributed by atoms with Crippen LogP contribution in [0.15, 0.2) is 0 Å². The van der Waals surface area contributed by atoms with Crippen molar-refractivity contribution in [1.82, 2.24) is 4.90 Å². The quantitative estimate of drug-likeness (QED) is 0.706. The van der Waals surface area contributed by atoms with Gasteiger partial charge in [0.1, 0.15) is 6.23 Å². The first-order valence-corrected chi connectivity index (χ1v) is 5.89. The smallest absolute Gasteiger partial charge is 0.107 e. The zero-order chi connectivity index (χ0) is 10.8. The van der Waals surface area contributed by atoms with Crippen molar-refractivity contribution in [2.24, 2.45) is 5.41 Å². The molecule has 2 atom stereocenters. The molecule has 2 nitrogen and oxygen atoms in total. The molecule has 1 saturated carbocycles. The summed E-state index contributed by atoms with van der Waals surface area (Å²) < 4.78 is 0. The third-order valence-electron chi connectivity index (χ3n) is 3.78. The Balaban J connectivity index is 2.64. The summed E-state index contributed by atoms with van der Waals surface area (Å²) in [5, 5.41) is 9.84. The van der Waals surface area contributed by atoms with Crippen LogP contribution in [-0.4, -0.2) is 29.3 Å². The van der Waals surface area contributed by atoms with Gasteiger partial charge in [-0.1, -0.05) is 33.6 Å². The largest absolute Gasteiger partial charge is 0.378 e. The van der Waals surface area contributed by atoms with Crippen molar-refractivity contribution in [3.05, 3.63) is 0 Å². The Morgan fingerprint density at radius 3 is 2.57 bits per heavy atom. The van der Waals surface area contributed by atoms with Crippen molar-refractivity contribution in [2.75, 3.05) is 7.05 Å². The number of nitrogens with zero attached hydrogens (tertiary/aromatic N) is 1. The van der Waals surface area contributed by atoms with E-state index in [0.29, 0.717) is 11.5 Å². The molecule has 0 radical (unpaired) electrons. The highest BCUT2D eigenvalue weighted by atomic mass is 16.3. The molecule has 1 rings (SSSR count). The molecule has 0 saturated heterocycles. The highest BCUT2D eigenvalue weighted by Crippen LogP contribution is 2.38. The molecule has 1 N–H and O–H groups in total. The Hall–Kier alpha value is -0.0800. The minimum Gasteiger partial charge on any atom is -0.378 e. The van der Waals surface area contributed by atoms with Gasteiger partial charge in [0.2, 0.25) is 0 Å². The van der Waals surface area contributed by atoms with Gasteiger partial charge in [-0.2, -0.15) is 0 Å². The Kier molecular flexibility index (Phi) is 3.96. The van der Waals surface area contributed by atoms with Gasteiger partial charge in [0.15, 0.2) is 0 Å². The van der Waals surface area contributed by atoms with Crippen LogP contribution in [0.3, 0.4) is 0 Å². The number of hydrogen-bond donors (Lipinski definition) is 1. The van der Waals surface area contributed by atoms with Crippen LogP contribution in [-0.2, 0) is 0 Å². The second kappa shape index (κ2) is 4.63. The molecule has 1 fully saturated rings. The molecule has 84 valence electrons. The molecule has 0 amide bonds. The molecule has 0 aromatic carbocycles.